The molecule has 1 aromatic rings. The average Bonchev–Trinajstić information content (AvgIpc) is 2.82. The van der Waals surface area contributed by atoms with Crippen LogP contribution in [-0.4, -0.2) is 11.2 Å². The lowest BCUT2D eigenvalue weighted by Crippen LogP contribution is -2.28. The van der Waals surface area contributed by atoms with Gasteiger partial charge in [-0.1, -0.05) is 26.2 Å². The van der Waals surface area contributed by atoms with Crippen LogP contribution in [0.4, 0.5) is 0 Å². The maximum absolute atomic E-state index is 10.3. The van der Waals surface area contributed by atoms with Gasteiger partial charge in [0.15, 0.2) is 0 Å². The number of thiophene rings is 1. The molecule has 0 saturated heterocycles. The largest absolute Gasteiger partial charge is 0.392 e. The van der Waals surface area contributed by atoms with Crippen LogP contribution < -0.4 is 0 Å². The van der Waals surface area contributed by atoms with Crippen LogP contribution in [0.1, 0.15) is 44.6 Å². The van der Waals surface area contributed by atoms with E-state index in [4.69, 9.17) is 0 Å². The average molecular weight is 238 g/mol. The van der Waals surface area contributed by atoms with Gasteiger partial charge in [-0.15, -0.1) is 0 Å². The van der Waals surface area contributed by atoms with Crippen molar-refractivity contribution in [3.8, 4) is 0 Å². The van der Waals surface area contributed by atoms with E-state index in [9.17, 15) is 5.11 Å². The highest BCUT2D eigenvalue weighted by Gasteiger charge is 2.26. The summed E-state index contributed by atoms with van der Waals surface area (Å²) < 4.78 is 0. The second kappa shape index (κ2) is 5.83. The standard InChI is InChI=1S/C14H22OS/c1-2-11-4-3-5-13(8-11)14(15)9-12-6-7-16-10-12/h6-7,10-11,13-15H,2-5,8-9H2,1H3. The molecule has 2 rings (SSSR count). The molecule has 1 aliphatic carbocycles. The van der Waals surface area contributed by atoms with Gasteiger partial charge in [-0.2, -0.15) is 11.3 Å². The molecule has 2 heteroatoms. The first kappa shape index (κ1) is 12.1. The van der Waals surface area contributed by atoms with Crippen molar-refractivity contribution in [3.63, 3.8) is 0 Å². The summed E-state index contributed by atoms with van der Waals surface area (Å²) in [4.78, 5) is 0. The molecule has 90 valence electrons. The Hall–Kier alpha value is -0.340. The minimum absolute atomic E-state index is 0.121. The summed E-state index contributed by atoms with van der Waals surface area (Å²) in [6.07, 6.45) is 7.15. The second-order valence-electron chi connectivity index (χ2n) is 5.10. The Morgan fingerprint density at radius 3 is 3.06 bits per heavy atom. The zero-order chi connectivity index (χ0) is 11.4. The van der Waals surface area contributed by atoms with Gasteiger partial charge >= 0.3 is 0 Å². The van der Waals surface area contributed by atoms with Crippen molar-refractivity contribution in [1.82, 2.24) is 0 Å². The molecular formula is C14H22OS. The van der Waals surface area contributed by atoms with E-state index in [0.717, 1.165) is 12.3 Å². The van der Waals surface area contributed by atoms with E-state index in [1.165, 1.54) is 37.7 Å². The lowest BCUT2D eigenvalue weighted by molar-refractivity contribution is 0.0686. The van der Waals surface area contributed by atoms with Crippen molar-refractivity contribution < 1.29 is 5.11 Å². The van der Waals surface area contributed by atoms with Crippen LogP contribution >= 0.6 is 11.3 Å². The summed E-state index contributed by atoms with van der Waals surface area (Å²) >= 11 is 1.72. The maximum Gasteiger partial charge on any atom is 0.0609 e. The van der Waals surface area contributed by atoms with Crippen LogP contribution in [0.2, 0.25) is 0 Å². The monoisotopic (exact) mass is 238 g/mol. The molecule has 1 nitrogen and oxygen atoms in total. The number of aliphatic hydroxyl groups is 1. The third-order valence-corrected chi connectivity index (χ3v) is 4.70. The molecule has 1 fully saturated rings. The minimum Gasteiger partial charge on any atom is -0.392 e. The lowest BCUT2D eigenvalue weighted by atomic mass is 9.77. The van der Waals surface area contributed by atoms with Crippen LogP contribution in [0, 0.1) is 11.8 Å². The molecule has 1 saturated carbocycles. The van der Waals surface area contributed by atoms with Gasteiger partial charge in [0, 0.05) is 0 Å². The molecule has 1 heterocycles. The minimum atomic E-state index is -0.121. The van der Waals surface area contributed by atoms with E-state index in [1.807, 2.05) is 0 Å². The summed E-state index contributed by atoms with van der Waals surface area (Å²) in [6, 6.07) is 2.13. The van der Waals surface area contributed by atoms with Crippen LogP contribution in [0.3, 0.4) is 0 Å². The van der Waals surface area contributed by atoms with Crippen molar-refractivity contribution in [1.29, 1.82) is 0 Å². The van der Waals surface area contributed by atoms with E-state index >= 15 is 0 Å². The summed E-state index contributed by atoms with van der Waals surface area (Å²) in [5.41, 5.74) is 1.30. The summed E-state index contributed by atoms with van der Waals surface area (Å²) in [6.45, 7) is 2.28. The molecule has 16 heavy (non-hydrogen) atoms. The highest BCUT2D eigenvalue weighted by atomic mass is 32.1. The topological polar surface area (TPSA) is 20.2 Å². The molecule has 0 amide bonds. The Labute approximate surface area is 103 Å². The van der Waals surface area contributed by atoms with Crippen molar-refractivity contribution >= 4 is 11.3 Å². The van der Waals surface area contributed by atoms with E-state index < -0.39 is 0 Å². The van der Waals surface area contributed by atoms with E-state index in [1.54, 1.807) is 11.3 Å². The number of hydrogen-bond donors (Lipinski definition) is 1. The number of hydrogen-bond acceptors (Lipinski definition) is 2. The second-order valence-corrected chi connectivity index (χ2v) is 5.88. The molecule has 0 radical (unpaired) electrons. The SMILES string of the molecule is CCC1CCCC(C(O)Cc2ccsc2)C1. The molecule has 0 aliphatic heterocycles. The molecule has 1 aliphatic rings. The van der Waals surface area contributed by atoms with Gasteiger partial charge < -0.3 is 5.11 Å². The summed E-state index contributed by atoms with van der Waals surface area (Å²) in [5, 5.41) is 14.5. The summed E-state index contributed by atoms with van der Waals surface area (Å²) in [7, 11) is 0. The van der Waals surface area contributed by atoms with E-state index in [0.29, 0.717) is 5.92 Å². The molecule has 3 atom stereocenters. The molecule has 0 aromatic carbocycles. The molecule has 0 spiro atoms. The Kier molecular flexibility index (Phi) is 4.42. The number of aliphatic hydroxyl groups excluding tert-OH is 1. The van der Waals surface area contributed by atoms with Crippen molar-refractivity contribution in [2.24, 2.45) is 11.8 Å². The van der Waals surface area contributed by atoms with Gasteiger partial charge in [0.25, 0.3) is 0 Å². The van der Waals surface area contributed by atoms with Crippen molar-refractivity contribution in [2.75, 3.05) is 0 Å². The Bertz CT molecular complexity index is 294. The van der Waals surface area contributed by atoms with Crippen LogP contribution in [-0.2, 0) is 6.42 Å². The zero-order valence-electron chi connectivity index (χ0n) is 10.1. The molecule has 3 unspecified atom stereocenters. The lowest BCUT2D eigenvalue weighted by Gasteiger charge is -2.31. The molecule has 1 N–H and O–H groups in total. The van der Waals surface area contributed by atoms with Crippen molar-refractivity contribution in [3.05, 3.63) is 22.4 Å². The zero-order valence-corrected chi connectivity index (χ0v) is 10.9. The first-order valence-corrected chi connectivity index (χ1v) is 7.43. The fourth-order valence-electron chi connectivity index (χ4n) is 2.87. The first-order valence-electron chi connectivity index (χ1n) is 6.48. The molecule has 1 aromatic heterocycles. The smallest absolute Gasteiger partial charge is 0.0609 e. The Morgan fingerprint density at radius 2 is 2.38 bits per heavy atom. The van der Waals surface area contributed by atoms with Gasteiger partial charge in [0.2, 0.25) is 0 Å². The Balaban J connectivity index is 1.86. The first-order chi connectivity index (χ1) is 7.79. The third-order valence-electron chi connectivity index (χ3n) is 3.97. The van der Waals surface area contributed by atoms with Gasteiger partial charge in [-0.05, 0) is 53.5 Å². The fourth-order valence-corrected chi connectivity index (χ4v) is 3.55. The number of rotatable bonds is 4. The normalized spacial score (nSPS) is 27.9. The van der Waals surface area contributed by atoms with E-state index in [2.05, 4.69) is 23.8 Å². The van der Waals surface area contributed by atoms with Gasteiger partial charge in [0.1, 0.15) is 0 Å². The predicted octanol–water partition coefficient (Wildman–Crippen LogP) is 3.87. The van der Waals surface area contributed by atoms with Gasteiger partial charge in [-0.3, -0.25) is 0 Å². The quantitative estimate of drug-likeness (QED) is 0.844. The predicted molar refractivity (Wildman–Crippen MR) is 69.8 cm³/mol. The van der Waals surface area contributed by atoms with Crippen LogP contribution in [0.25, 0.3) is 0 Å². The third kappa shape index (κ3) is 3.08. The van der Waals surface area contributed by atoms with Crippen LogP contribution in [0.5, 0.6) is 0 Å². The van der Waals surface area contributed by atoms with Crippen molar-refractivity contribution in [2.45, 2.75) is 51.6 Å². The fraction of sp³-hybridized carbons (Fsp3) is 0.714. The Morgan fingerprint density at radius 1 is 1.50 bits per heavy atom. The van der Waals surface area contributed by atoms with Crippen LogP contribution in [0.15, 0.2) is 16.8 Å². The highest BCUT2D eigenvalue weighted by molar-refractivity contribution is 7.07. The summed E-state index contributed by atoms with van der Waals surface area (Å²) in [5.74, 6) is 1.40. The van der Waals surface area contributed by atoms with E-state index in [-0.39, 0.29) is 6.10 Å². The molecule has 0 bridgehead atoms. The highest BCUT2D eigenvalue weighted by Crippen LogP contribution is 2.33. The maximum atomic E-state index is 10.3. The molecular weight excluding hydrogens is 216 g/mol. The van der Waals surface area contributed by atoms with Gasteiger partial charge in [0.05, 0.1) is 6.10 Å². The van der Waals surface area contributed by atoms with Gasteiger partial charge in [-0.25, -0.2) is 0 Å².